The van der Waals surface area contributed by atoms with Gasteiger partial charge in [0.2, 0.25) is 5.91 Å². The molecule has 1 unspecified atom stereocenters. The lowest BCUT2D eigenvalue weighted by Gasteiger charge is -2.34. The standard InChI is InChI=1S/C22H28N2O2/c1-16-8-9-20(17(2)14-16)23-21(25)15-24-12-10-19(11-13-24)22(26)18-6-4-3-5-7-18/h3-9,14,19,22,26H,10-13,15H2,1-2H3,(H,23,25). The van der Waals surface area contributed by atoms with Crippen molar-refractivity contribution in [3.05, 3.63) is 65.2 Å². The quantitative estimate of drug-likeness (QED) is 0.863. The first kappa shape index (κ1) is 18.6. The van der Waals surface area contributed by atoms with Gasteiger partial charge in [-0.15, -0.1) is 0 Å². The van der Waals surface area contributed by atoms with Crippen molar-refractivity contribution in [2.24, 2.45) is 5.92 Å². The van der Waals surface area contributed by atoms with E-state index in [1.165, 1.54) is 5.56 Å². The number of carbonyl (C=O) groups excluding carboxylic acids is 1. The minimum absolute atomic E-state index is 0.0269. The molecule has 2 N–H and O–H groups in total. The van der Waals surface area contributed by atoms with Crippen molar-refractivity contribution >= 4 is 11.6 Å². The fourth-order valence-electron chi connectivity index (χ4n) is 3.70. The lowest BCUT2D eigenvalue weighted by atomic mass is 9.87. The van der Waals surface area contributed by atoms with Crippen LogP contribution in [-0.2, 0) is 4.79 Å². The highest BCUT2D eigenvalue weighted by Gasteiger charge is 2.27. The van der Waals surface area contributed by atoms with Crippen LogP contribution in [0.2, 0.25) is 0 Å². The van der Waals surface area contributed by atoms with Crippen molar-refractivity contribution in [1.29, 1.82) is 0 Å². The molecule has 1 atom stereocenters. The molecule has 0 bridgehead atoms. The number of piperidine rings is 1. The second kappa shape index (κ2) is 8.47. The Bertz CT molecular complexity index is 737. The van der Waals surface area contributed by atoms with Gasteiger partial charge in [-0.05, 0) is 62.9 Å². The summed E-state index contributed by atoms with van der Waals surface area (Å²) in [6.45, 7) is 6.15. The zero-order valence-electron chi connectivity index (χ0n) is 15.6. The van der Waals surface area contributed by atoms with E-state index in [4.69, 9.17) is 0 Å². The zero-order valence-corrected chi connectivity index (χ0v) is 15.6. The molecule has 4 heteroatoms. The van der Waals surface area contributed by atoms with Gasteiger partial charge >= 0.3 is 0 Å². The molecule has 0 spiro atoms. The summed E-state index contributed by atoms with van der Waals surface area (Å²) in [7, 11) is 0. The topological polar surface area (TPSA) is 52.6 Å². The van der Waals surface area contributed by atoms with Crippen molar-refractivity contribution in [1.82, 2.24) is 4.90 Å². The van der Waals surface area contributed by atoms with Crippen LogP contribution in [0.1, 0.15) is 35.6 Å². The normalized spacial score (nSPS) is 17.0. The summed E-state index contributed by atoms with van der Waals surface area (Å²) < 4.78 is 0. The van der Waals surface area contributed by atoms with Crippen molar-refractivity contribution in [3.8, 4) is 0 Å². The molecular weight excluding hydrogens is 324 g/mol. The molecule has 2 aromatic carbocycles. The molecule has 1 aliphatic heterocycles. The van der Waals surface area contributed by atoms with Crippen LogP contribution in [-0.4, -0.2) is 35.5 Å². The first-order valence-corrected chi connectivity index (χ1v) is 9.35. The Kier molecular flexibility index (Phi) is 6.07. The second-order valence-electron chi connectivity index (χ2n) is 7.34. The third-order valence-electron chi connectivity index (χ3n) is 5.24. The van der Waals surface area contributed by atoms with E-state index in [1.807, 2.05) is 56.3 Å². The Hall–Kier alpha value is -2.17. The Balaban J connectivity index is 1.48. The van der Waals surface area contributed by atoms with Crippen LogP contribution in [0.5, 0.6) is 0 Å². The van der Waals surface area contributed by atoms with Gasteiger partial charge in [-0.1, -0.05) is 48.0 Å². The number of aliphatic hydroxyl groups excluding tert-OH is 1. The number of anilines is 1. The number of nitrogens with one attached hydrogen (secondary N) is 1. The summed E-state index contributed by atoms with van der Waals surface area (Å²) in [5.41, 5.74) is 4.15. The Labute approximate surface area is 155 Å². The average molecular weight is 352 g/mol. The molecule has 0 radical (unpaired) electrons. The molecule has 1 heterocycles. The van der Waals surface area contributed by atoms with E-state index < -0.39 is 6.10 Å². The monoisotopic (exact) mass is 352 g/mol. The highest BCUT2D eigenvalue weighted by Crippen LogP contribution is 2.30. The molecule has 1 fully saturated rings. The van der Waals surface area contributed by atoms with Crippen molar-refractivity contribution in [2.45, 2.75) is 32.8 Å². The summed E-state index contributed by atoms with van der Waals surface area (Å²) >= 11 is 0. The van der Waals surface area contributed by atoms with Gasteiger partial charge in [0.15, 0.2) is 0 Å². The highest BCUT2D eigenvalue weighted by molar-refractivity contribution is 5.93. The van der Waals surface area contributed by atoms with Crippen LogP contribution in [0, 0.1) is 19.8 Å². The van der Waals surface area contributed by atoms with Gasteiger partial charge in [0.25, 0.3) is 0 Å². The molecule has 2 aromatic rings. The molecule has 3 rings (SSSR count). The summed E-state index contributed by atoms with van der Waals surface area (Å²) in [6, 6.07) is 15.9. The average Bonchev–Trinajstić information content (AvgIpc) is 2.65. The predicted molar refractivity (Wildman–Crippen MR) is 105 cm³/mol. The number of aryl methyl sites for hydroxylation is 2. The molecule has 26 heavy (non-hydrogen) atoms. The van der Waals surface area contributed by atoms with Crippen molar-refractivity contribution in [2.75, 3.05) is 25.0 Å². The number of rotatable bonds is 5. The number of likely N-dealkylation sites (tertiary alicyclic amines) is 1. The van der Waals surface area contributed by atoms with Crippen LogP contribution >= 0.6 is 0 Å². The number of hydrogen-bond acceptors (Lipinski definition) is 3. The third-order valence-corrected chi connectivity index (χ3v) is 5.24. The lowest BCUT2D eigenvalue weighted by Crippen LogP contribution is -2.40. The summed E-state index contributed by atoms with van der Waals surface area (Å²) in [6.07, 6.45) is 1.40. The molecular formula is C22H28N2O2. The highest BCUT2D eigenvalue weighted by atomic mass is 16.3. The van der Waals surface area contributed by atoms with E-state index in [0.29, 0.717) is 6.54 Å². The minimum Gasteiger partial charge on any atom is -0.388 e. The molecule has 138 valence electrons. The molecule has 4 nitrogen and oxygen atoms in total. The van der Waals surface area contributed by atoms with Gasteiger partial charge in [-0.3, -0.25) is 9.69 Å². The largest absolute Gasteiger partial charge is 0.388 e. The van der Waals surface area contributed by atoms with Gasteiger partial charge in [0, 0.05) is 5.69 Å². The van der Waals surface area contributed by atoms with Gasteiger partial charge in [0.1, 0.15) is 0 Å². The van der Waals surface area contributed by atoms with Crippen LogP contribution in [0.3, 0.4) is 0 Å². The van der Waals surface area contributed by atoms with Crippen LogP contribution < -0.4 is 5.32 Å². The fourth-order valence-corrected chi connectivity index (χ4v) is 3.70. The molecule has 0 aromatic heterocycles. The maximum atomic E-state index is 12.4. The van der Waals surface area contributed by atoms with E-state index in [-0.39, 0.29) is 11.8 Å². The summed E-state index contributed by atoms with van der Waals surface area (Å²) in [5.74, 6) is 0.287. The lowest BCUT2D eigenvalue weighted by molar-refractivity contribution is -0.117. The van der Waals surface area contributed by atoms with Gasteiger partial charge in [-0.25, -0.2) is 0 Å². The van der Waals surface area contributed by atoms with Crippen LogP contribution in [0.4, 0.5) is 5.69 Å². The molecule has 0 saturated carbocycles. The van der Waals surface area contributed by atoms with Gasteiger partial charge in [0.05, 0.1) is 12.6 Å². The number of aliphatic hydroxyl groups is 1. The van der Waals surface area contributed by atoms with E-state index in [0.717, 1.165) is 42.7 Å². The van der Waals surface area contributed by atoms with E-state index in [1.54, 1.807) is 0 Å². The Morgan fingerprint density at radius 1 is 1.15 bits per heavy atom. The second-order valence-corrected chi connectivity index (χ2v) is 7.34. The van der Waals surface area contributed by atoms with Crippen molar-refractivity contribution in [3.63, 3.8) is 0 Å². The van der Waals surface area contributed by atoms with Gasteiger partial charge in [-0.2, -0.15) is 0 Å². The number of hydrogen-bond donors (Lipinski definition) is 2. The molecule has 1 saturated heterocycles. The maximum Gasteiger partial charge on any atom is 0.238 e. The first-order valence-electron chi connectivity index (χ1n) is 9.35. The molecule has 1 amide bonds. The fraction of sp³-hybridized carbons (Fsp3) is 0.409. The van der Waals surface area contributed by atoms with Crippen LogP contribution in [0.25, 0.3) is 0 Å². The first-order chi connectivity index (χ1) is 12.5. The number of amides is 1. The van der Waals surface area contributed by atoms with Crippen LogP contribution in [0.15, 0.2) is 48.5 Å². The summed E-state index contributed by atoms with van der Waals surface area (Å²) in [5, 5.41) is 13.6. The van der Waals surface area contributed by atoms with Gasteiger partial charge < -0.3 is 10.4 Å². The van der Waals surface area contributed by atoms with Crippen molar-refractivity contribution < 1.29 is 9.90 Å². The molecule has 1 aliphatic rings. The smallest absolute Gasteiger partial charge is 0.238 e. The Morgan fingerprint density at radius 3 is 2.50 bits per heavy atom. The number of nitrogens with zero attached hydrogens (tertiary/aromatic N) is 1. The van der Waals surface area contributed by atoms with E-state index in [9.17, 15) is 9.90 Å². The van der Waals surface area contributed by atoms with E-state index in [2.05, 4.69) is 16.3 Å². The Morgan fingerprint density at radius 2 is 1.85 bits per heavy atom. The number of benzene rings is 2. The zero-order chi connectivity index (χ0) is 18.5. The minimum atomic E-state index is -0.414. The van der Waals surface area contributed by atoms with E-state index >= 15 is 0 Å². The maximum absolute atomic E-state index is 12.4. The third kappa shape index (κ3) is 4.71. The number of carbonyl (C=O) groups is 1. The summed E-state index contributed by atoms with van der Waals surface area (Å²) in [4.78, 5) is 14.5. The predicted octanol–water partition coefficient (Wildman–Crippen LogP) is 3.69. The SMILES string of the molecule is Cc1ccc(NC(=O)CN2CCC(C(O)c3ccccc3)CC2)c(C)c1. The molecule has 0 aliphatic carbocycles.